The van der Waals surface area contributed by atoms with E-state index in [2.05, 4.69) is 17.3 Å². The standard InChI is InChI=1S/C12H12ClNS2/c1-2-9-7-16-12(14-9)8-15-11-6-4-3-5-10(11)13/h3-7H,2,8H2,1H3. The summed E-state index contributed by atoms with van der Waals surface area (Å²) in [5.41, 5.74) is 1.18. The molecule has 1 heterocycles. The van der Waals surface area contributed by atoms with Gasteiger partial charge in [0.2, 0.25) is 0 Å². The molecule has 0 spiro atoms. The quantitative estimate of drug-likeness (QED) is 0.750. The van der Waals surface area contributed by atoms with E-state index in [9.17, 15) is 0 Å². The van der Waals surface area contributed by atoms with Crippen LogP contribution in [0.2, 0.25) is 5.02 Å². The van der Waals surface area contributed by atoms with Gasteiger partial charge in [-0.1, -0.05) is 30.7 Å². The predicted molar refractivity (Wildman–Crippen MR) is 72.5 cm³/mol. The van der Waals surface area contributed by atoms with Gasteiger partial charge < -0.3 is 0 Å². The van der Waals surface area contributed by atoms with Gasteiger partial charge in [0, 0.05) is 10.3 Å². The van der Waals surface area contributed by atoms with Crippen molar-refractivity contribution < 1.29 is 0 Å². The highest BCUT2D eigenvalue weighted by atomic mass is 35.5. The molecule has 0 aliphatic carbocycles. The number of rotatable bonds is 4. The number of nitrogens with zero attached hydrogens (tertiary/aromatic N) is 1. The van der Waals surface area contributed by atoms with E-state index < -0.39 is 0 Å². The first-order chi connectivity index (χ1) is 7.79. The van der Waals surface area contributed by atoms with Gasteiger partial charge >= 0.3 is 0 Å². The van der Waals surface area contributed by atoms with Crippen LogP contribution in [-0.4, -0.2) is 4.98 Å². The van der Waals surface area contributed by atoms with Crippen LogP contribution in [0.4, 0.5) is 0 Å². The molecule has 0 N–H and O–H groups in total. The number of aryl methyl sites for hydroxylation is 1. The zero-order valence-corrected chi connectivity index (χ0v) is 11.3. The van der Waals surface area contributed by atoms with Crippen molar-refractivity contribution in [2.45, 2.75) is 24.0 Å². The Kier molecular flexibility index (Phi) is 4.27. The summed E-state index contributed by atoms with van der Waals surface area (Å²) in [7, 11) is 0. The largest absolute Gasteiger partial charge is 0.245 e. The lowest BCUT2D eigenvalue weighted by molar-refractivity contribution is 1.04. The first kappa shape index (κ1) is 12.0. The summed E-state index contributed by atoms with van der Waals surface area (Å²) in [4.78, 5) is 5.65. The minimum Gasteiger partial charge on any atom is -0.245 e. The number of hydrogen-bond donors (Lipinski definition) is 0. The summed E-state index contributed by atoms with van der Waals surface area (Å²) in [5.74, 6) is 0.897. The number of aromatic nitrogens is 1. The van der Waals surface area contributed by atoms with E-state index in [1.165, 1.54) is 10.7 Å². The number of thiazole rings is 1. The molecule has 0 aliphatic heterocycles. The van der Waals surface area contributed by atoms with Crippen LogP contribution in [0, 0.1) is 0 Å². The molecule has 16 heavy (non-hydrogen) atoms. The molecule has 0 radical (unpaired) electrons. The second-order valence-electron chi connectivity index (χ2n) is 3.31. The Bertz CT molecular complexity index is 468. The zero-order chi connectivity index (χ0) is 11.4. The van der Waals surface area contributed by atoms with Crippen molar-refractivity contribution >= 4 is 34.7 Å². The van der Waals surface area contributed by atoms with Crippen molar-refractivity contribution in [2.24, 2.45) is 0 Å². The van der Waals surface area contributed by atoms with E-state index in [0.717, 1.165) is 22.1 Å². The molecule has 0 bridgehead atoms. The Morgan fingerprint density at radius 2 is 2.19 bits per heavy atom. The molecule has 0 unspecified atom stereocenters. The molecule has 0 amide bonds. The van der Waals surface area contributed by atoms with E-state index in [1.807, 2.05) is 24.3 Å². The van der Waals surface area contributed by atoms with Crippen LogP contribution in [0.25, 0.3) is 0 Å². The van der Waals surface area contributed by atoms with Gasteiger partial charge in [0.25, 0.3) is 0 Å². The molecule has 0 aliphatic rings. The van der Waals surface area contributed by atoms with Crippen LogP contribution in [-0.2, 0) is 12.2 Å². The minimum absolute atomic E-state index is 0.819. The lowest BCUT2D eigenvalue weighted by atomic mass is 10.4. The molecule has 2 rings (SSSR count). The SMILES string of the molecule is CCc1csc(CSc2ccccc2Cl)n1. The maximum atomic E-state index is 6.09. The van der Waals surface area contributed by atoms with Gasteiger partial charge in [-0.15, -0.1) is 23.1 Å². The molecule has 0 saturated heterocycles. The fourth-order valence-corrected chi connectivity index (χ4v) is 3.41. The maximum absolute atomic E-state index is 6.09. The number of benzene rings is 1. The number of halogens is 1. The Balaban J connectivity index is 1.99. The number of thioether (sulfide) groups is 1. The number of hydrogen-bond acceptors (Lipinski definition) is 3. The molecule has 0 saturated carbocycles. The lowest BCUT2D eigenvalue weighted by Crippen LogP contribution is -1.83. The molecule has 84 valence electrons. The summed E-state index contributed by atoms with van der Waals surface area (Å²) >= 11 is 9.55. The average molecular weight is 270 g/mol. The first-order valence-corrected chi connectivity index (χ1v) is 7.34. The molecular formula is C12H12ClNS2. The van der Waals surface area contributed by atoms with Crippen molar-refractivity contribution in [3.8, 4) is 0 Å². The summed E-state index contributed by atoms with van der Waals surface area (Å²) in [5, 5.41) is 4.12. The predicted octanol–water partition coefficient (Wildman–Crippen LogP) is 4.65. The van der Waals surface area contributed by atoms with Gasteiger partial charge in [0.15, 0.2) is 0 Å². The van der Waals surface area contributed by atoms with Crippen LogP contribution >= 0.6 is 34.7 Å². The Morgan fingerprint density at radius 1 is 1.38 bits per heavy atom. The highest BCUT2D eigenvalue weighted by Gasteiger charge is 2.03. The topological polar surface area (TPSA) is 12.9 Å². The van der Waals surface area contributed by atoms with Gasteiger partial charge in [-0.2, -0.15) is 0 Å². The smallest absolute Gasteiger partial charge is 0.103 e. The Hall–Kier alpha value is -0.510. The van der Waals surface area contributed by atoms with Gasteiger partial charge in [-0.25, -0.2) is 4.98 Å². The second-order valence-corrected chi connectivity index (χ2v) is 5.67. The Morgan fingerprint density at radius 3 is 2.88 bits per heavy atom. The second kappa shape index (κ2) is 5.71. The monoisotopic (exact) mass is 269 g/mol. The molecule has 1 aromatic carbocycles. The van der Waals surface area contributed by atoms with Gasteiger partial charge in [-0.3, -0.25) is 0 Å². The van der Waals surface area contributed by atoms with Crippen LogP contribution in [0.1, 0.15) is 17.6 Å². The van der Waals surface area contributed by atoms with Crippen LogP contribution in [0.5, 0.6) is 0 Å². The van der Waals surface area contributed by atoms with E-state index in [-0.39, 0.29) is 0 Å². The molecule has 2 aromatic rings. The van der Waals surface area contributed by atoms with Crippen molar-refractivity contribution in [2.75, 3.05) is 0 Å². The molecular weight excluding hydrogens is 258 g/mol. The van der Waals surface area contributed by atoms with Gasteiger partial charge in [0.1, 0.15) is 5.01 Å². The molecule has 1 aromatic heterocycles. The zero-order valence-electron chi connectivity index (χ0n) is 8.94. The average Bonchev–Trinajstić information content (AvgIpc) is 2.76. The van der Waals surface area contributed by atoms with E-state index in [0.29, 0.717) is 0 Å². The lowest BCUT2D eigenvalue weighted by Gasteiger charge is -2.01. The fraction of sp³-hybridized carbons (Fsp3) is 0.250. The van der Waals surface area contributed by atoms with E-state index in [4.69, 9.17) is 11.6 Å². The third kappa shape index (κ3) is 3.00. The van der Waals surface area contributed by atoms with Crippen LogP contribution in [0.3, 0.4) is 0 Å². The molecule has 0 atom stereocenters. The van der Waals surface area contributed by atoms with Crippen molar-refractivity contribution in [1.29, 1.82) is 0 Å². The van der Waals surface area contributed by atoms with Crippen LogP contribution in [0.15, 0.2) is 34.5 Å². The summed E-state index contributed by atoms with van der Waals surface area (Å²) in [6.45, 7) is 2.13. The highest BCUT2D eigenvalue weighted by molar-refractivity contribution is 7.98. The maximum Gasteiger partial charge on any atom is 0.103 e. The van der Waals surface area contributed by atoms with Crippen LogP contribution < -0.4 is 0 Å². The minimum atomic E-state index is 0.819. The normalized spacial score (nSPS) is 10.6. The summed E-state index contributed by atoms with van der Waals surface area (Å²) < 4.78 is 0. The molecule has 4 heteroatoms. The van der Waals surface area contributed by atoms with Crippen molar-refractivity contribution in [3.05, 3.63) is 45.4 Å². The summed E-state index contributed by atoms with van der Waals surface area (Å²) in [6.07, 6.45) is 1.01. The first-order valence-electron chi connectivity index (χ1n) is 5.10. The highest BCUT2D eigenvalue weighted by Crippen LogP contribution is 2.30. The fourth-order valence-electron chi connectivity index (χ4n) is 1.28. The summed E-state index contributed by atoms with van der Waals surface area (Å²) in [6, 6.07) is 7.92. The van der Waals surface area contributed by atoms with E-state index >= 15 is 0 Å². The van der Waals surface area contributed by atoms with Gasteiger partial charge in [0.05, 0.1) is 16.5 Å². The third-order valence-corrected chi connectivity index (χ3v) is 4.76. The molecule has 1 nitrogen and oxygen atoms in total. The van der Waals surface area contributed by atoms with Crippen molar-refractivity contribution in [3.63, 3.8) is 0 Å². The van der Waals surface area contributed by atoms with E-state index in [1.54, 1.807) is 23.1 Å². The van der Waals surface area contributed by atoms with Gasteiger partial charge in [-0.05, 0) is 18.6 Å². The third-order valence-electron chi connectivity index (χ3n) is 2.15. The van der Waals surface area contributed by atoms with Crippen molar-refractivity contribution in [1.82, 2.24) is 4.98 Å². The molecule has 0 fully saturated rings. The Labute approximate surface area is 109 Å².